The summed E-state index contributed by atoms with van der Waals surface area (Å²) in [6.45, 7) is 1.85. The molecule has 1 fully saturated rings. The summed E-state index contributed by atoms with van der Waals surface area (Å²) in [4.78, 5) is 24.2. The van der Waals surface area contributed by atoms with Crippen LogP contribution in [0.15, 0.2) is 22.7 Å². The molecule has 1 saturated heterocycles. The van der Waals surface area contributed by atoms with Crippen molar-refractivity contribution in [2.24, 2.45) is 0 Å². The number of carboxylic acids is 1. The Hall–Kier alpha value is -1.06. The van der Waals surface area contributed by atoms with Gasteiger partial charge in [0.2, 0.25) is 0 Å². The van der Waals surface area contributed by atoms with Gasteiger partial charge in [0, 0.05) is 0 Å². The average Bonchev–Trinajstić information content (AvgIpc) is 3.05. The van der Waals surface area contributed by atoms with Crippen molar-refractivity contribution in [3.05, 3.63) is 34.1 Å². The van der Waals surface area contributed by atoms with Gasteiger partial charge in [0.15, 0.2) is 0 Å². The van der Waals surface area contributed by atoms with E-state index >= 15 is 0 Å². The molecule has 1 aromatic rings. The smallest absolute Gasteiger partial charge is 0.543 e. The monoisotopic (exact) mass is 327 g/mol. The molecule has 0 N–H and O–H groups in total. The topological polar surface area (TPSA) is 87.5 Å². The molecule has 22 heavy (non-hydrogen) atoms. The molecule has 9 heteroatoms. The number of thioether (sulfide) groups is 1. The molecule has 3 aliphatic rings. The number of hydrogen-bond donors (Lipinski definition) is 0. The predicted octanol–water partition coefficient (Wildman–Crippen LogP) is -3.69. The Morgan fingerprint density at radius 3 is 3.09 bits per heavy atom. The van der Waals surface area contributed by atoms with Crippen molar-refractivity contribution in [3.63, 3.8) is 0 Å². The zero-order valence-electron chi connectivity index (χ0n) is 11.8. The Morgan fingerprint density at radius 1 is 1.55 bits per heavy atom. The molecule has 0 aromatic carbocycles. The zero-order chi connectivity index (χ0) is 14.6. The molecule has 7 nitrogen and oxygen atoms in total. The maximum atomic E-state index is 12.1. The van der Waals surface area contributed by atoms with Crippen LogP contribution in [-0.4, -0.2) is 38.5 Å². The normalized spacial score (nSPS) is 24.3. The average molecular weight is 327 g/mol. The van der Waals surface area contributed by atoms with Crippen LogP contribution in [0.25, 0.3) is 6.08 Å². The zero-order valence-corrected chi connectivity index (χ0v) is 14.6. The van der Waals surface area contributed by atoms with E-state index in [1.165, 1.54) is 22.1 Å². The Kier molecular flexibility index (Phi) is 4.21. The Balaban J connectivity index is 0.00000144. The van der Waals surface area contributed by atoms with Gasteiger partial charge in [-0.15, -0.1) is 11.8 Å². The van der Waals surface area contributed by atoms with Gasteiger partial charge in [-0.05, 0) is 17.6 Å². The number of carbonyl (C=O) groups excluding carboxylic acids is 2. The van der Waals surface area contributed by atoms with Crippen LogP contribution in [0.4, 0.5) is 0 Å². The fourth-order valence-electron chi connectivity index (χ4n) is 2.60. The van der Waals surface area contributed by atoms with E-state index in [1.54, 1.807) is 6.08 Å². The molecule has 4 rings (SSSR count). The molecule has 0 saturated carbocycles. The number of fused-ring (bicyclic) bond motifs is 2. The molecule has 3 aliphatic heterocycles. The Labute approximate surface area is 152 Å². The summed E-state index contributed by atoms with van der Waals surface area (Å²) in [5.74, 6) is -1.63. The van der Waals surface area contributed by atoms with Crippen molar-refractivity contribution in [2.75, 3.05) is 6.61 Å². The molecular weight excluding hydrogens is 317 g/mol. The number of hydrogen-bond acceptors (Lipinski definition) is 6. The quantitative estimate of drug-likeness (QED) is 0.316. The largest absolute Gasteiger partial charge is 1.00 e. The van der Waals surface area contributed by atoms with E-state index in [0.29, 0.717) is 31.0 Å². The van der Waals surface area contributed by atoms with Crippen LogP contribution in [0.1, 0.15) is 11.4 Å². The van der Waals surface area contributed by atoms with E-state index in [0.717, 1.165) is 5.69 Å². The molecule has 0 aliphatic carbocycles. The first-order chi connectivity index (χ1) is 10.1. The van der Waals surface area contributed by atoms with Gasteiger partial charge in [0.25, 0.3) is 5.91 Å². The number of carbonyl (C=O) groups is 2. The summed E-state index contributed by atoms with van der Waals surface area (Å²) in [6.07, 6.45) is 1.72. The molecule has 0 radical (unpaired) electrons. The number of β-lactam (4-membered cyclic amide) rings is 1. The third kappa shape index (κ3) is 2.35. The van der Waals surface area contributed by atoms with E-state index < -0.39 is 5.97 Å². The van der Waals surface area contributed by atoms with Crippen LogP contribution >= 0.6 is 11.8 Å². The second-order valence-corrected chi connectivity index (χ2v) is 5.84. The summed E-state index contributed by atoms with van der Waals surface area (Å²) in [5.41, 5.74) is 2.17. The van der Waals surface area contributed by atoms with Gasteiger partial charge in [-0.25, -0.2) is 0 Å². The van der Waals surface area contributed by atoms with E-state index in [4.69, 9.17) is 4.74 Å². The number of rotatable bonds is 2. The summed E-state index contributed by atoms with van der Waals surface area (Å²) < 4.78 is 7.21. The number of carboxylic acid groups (broad SMARTS) is 1. The third-order valence-corrected chi connectivity index (χ3v) is 4.71. The molecule has 108 valence electrons. The number of amides is 1. The van der Waals surface area contributed by atoms with Crippen molar-refractivity contribution in [3.8, 4) is 0 Å². The van der Waals surface area contributed by atoms with E-state index in [9.17, 15) is 14.7 Å². The van der Waals surface area contributed by atoms with E-state index in [-0.39, 0.29) is 46.5 Å². The summed E-state index contributed by atoms with van der Waals surface area (Å²) in [5, 5.41) is 16.5. The number of nitrogens with zero attached hydrogens (tertiary/aromatic N) is 3. The number of ether oxygens (including phenoxy) is 1. The third-order valence-electron chi connectivity index (χ3n) is 3.63. The first-order valence-corrected chi connectivity index (χ1v) is 7.36. The standard InChI is InChI=1S/C13H11N3O4S.Na/c17-11-9(12-16(11)10(6-21-12)13(18)19)4-7-3-8-5-20-2-1-15(8)14-7;/h3-4,6,12H,1-2,5H2,(H,18,19);/q;+1/p-1/b9-4-;/t12-;/m1./s1. The van der Waals surface area contributed by atoms with Gasteiger partial charge in [0.05, 0.1) is 48.4 Å². The van der Waals surface area contributed by atoms with E-state index in [2.05, 4.69) is 5.10 Å². The number of aromatic nitrogens is 2. The van der Waals surface area contributed by atoms with Gasteiger partial charge in [0.1, 0.15) is 5.37 Å². The van der Waals surface area contributed by atoms with Crippen molar-refractivity contribution < 1.29 is 49.0 Å². The maximum absolute atomic E-state index is 12.1. The number of aliphatic carboxylic acids is 1. The van der Waals surface area contributed by atoms with Gasteiger partial charge in [-0.1, -0.05) is 0 Å². The summed E-state index contributed by atoms with van der Waals surface area (Å²) >= 11 is 1.29. The minimum absolute atomic E-state index is 0. The molecule has 0 unspecified atom stereocenters. The van der Waals surface area contributed by atoms with Crippen molar-refractivity contribution >= 4 is 29.7 Å². The Bertz CT molecular complexity index is 703. The summed E-state index contributed by atoms with van der Waals surface area (Å²) in [7, 11) is 0. The van der Waals surface area contributed by atoms with Crippen molar-refractivity contribution in [2.45, 2.75) is 18.5 Å². The second-order valence-electron chi connectivity index (χ2n) is 4.89. The molecule has 0 bridgehead atoms. The van der Waals surface area contributed by atoms with Gasteiger partial charge in [-0.2, -0.15) is 5.10 Å². The van der Waals surface area contributed by atoms with Crippen LogP contribution in [0.2, 0.25) is 0 Å². The fourth-order valence-corrected chi connectivity index (χ4v) is 3.72. The van der Waals surface area contributed by atoms with Crippen molar-refractivity contribution in [1.82, 2.24) is 14.7 Å². The van der Waals surface area contributed by atoms with Crippen LogP contribution in [0, 0.1) is 0 Å². The SMILES string of the molecule is O=C([O-])C1=CS[C@@H]2/C(=C\c3cc4n(n3)CCOC4)C(=O)N12.[Na+]. The first kappa shape index (κ1) is 15.8. The second kappa shape index (κ2) is 5.86. The van der Waals surface area contributed by atoms with Crippen LogP contribution < -0.4 is 34.7 Å². The molecule has 4 heterocycles. The van der Waals surface area contributed by atoms with Crippen LogP contribution in [0.3, 0.4) is 0 Å². The van der Waals surface area contributed by atoms with Crippen molar-refractivity contribution in [1.29, 1.82) is 0 Å². The maximum Gasteiger partial charge on any atom is 1.00 e. The predicted molar refractivity (Wildman–Crippen MR) is 71.2 cm³/mol. The van der Waals surface area contributed by atoms with Crippen LogP contribution in [-0.2, 0) is 27.5 Å². The van der Waals surface area contributed by atoms with E-state index in [1.807, 2.05) is 10.7 Å². The minimum atomic E-state index is -1.33. The van der Waals surface area contributed by atoms with Gasteiger partial charge >= 0.3 is 29.6 Å². The Morgan fingerprint density at radius 2 is 2.36 bits per heavy atom. The first-order valence-electron chi connectivity index (χ1n) is 6.42. The summed E-state index contributed by atoms with van der Waals surface area (Å²) in [6, 6.07) is 1.88. The fraction of sp³-hybridized carbons (Fsp3) is 0.308. The van der Waals surface area contributed by atoms with Gasteiger partial charge in [-0.3, -0.25) is 14.4 Å². The molecule has 1 aromatic heterocycles. The molecular formula is C13H10N3NaO4S. The van der Waals surface area contributed by atoms with Gasteiger partial charge < -0.3 is 14.6 Å². The van der Waals surface area contributed by atoms with Crippen LogP contribution in [0.5, 0.6) is 0 Å². The minimum Gasteiger partial charge on any atom is -0.543 e. The molecule has 1 atom stereocenters. The molecule has 1 amide bonds. The molecule has 0 spiro atoms.